The van der Waals surface area contributed by atoms with Crippen LogP contribution in [0.15, 0.2) is 18.2 Å². The normalized spacial score (nSPS) is 9.52. The van der Waals surface area contributed by atoms with E-state index < -0.39 is 36.9 Å². The zero-order chi connectivity index (χ0) is 15.8. The number of aliphatic carboxylic acids is 1. The lowest BCUT2D eigenvalue weighted by molar-refractivity contribution is -0.143. The summed E-state index contributed by atoms with van der Waals surface area (Å²) >= 11 is 0. The van der Waals surface area contributed by atoms with Gasteiger partial charge in [0, 0.05) is 0 Å². The summed E-state index contributed by atoms with van der Waals surface area (Å²) in [6, 6.07) is 3.85. The maximum absolute atomic E-state index is 12.9. The van der Waals surface area contributed by atoms with Crippen LogP contribution in [0.4, 0.5) is 14.9 Å². The van der Waals surface area contributed by atoms with Gasteiger partial charge in [-0.15, -0.1) is 0 Å². The average Bonchev–Trinajstić information content (AvgIpc) is 2.40. The van der Waals surface area contributed by atoms with Crippen molar-refractivity contribution in [1.82, 2.24) is 5.32 Å². The second-order valence-electron chi connectivity index (χ2n) is 3.69. The number of nitrogens with one attached hydrogen (secondary N) is 2. The van der Waals surface area contributed by atoms with E-state index in [0.717, 1.165) is 12.1 Å². The number of amides is 3. The second kappa shape index (κ2) is 7.56. The van der Waals surface area contributed by atoms with Crippen molar-refractivity contribution in [3.8, 4) is 6.07 Å². The number of benzene rings is 1. The molecule has 0 aliphatic carbocycles. The number of carboxylic acids is 1. The van der Waals surface area contributed by atoms with Crippen LogP contribution in [0, 0.1) is 17.1 Å². The van der Waals surface area contributed by atoms with Crippen molar-refractivity contribution in [3.63, 3.8) is 0 Å². The van der Waals surface area contributed by atoms with Gasteiger partial charge < -0.3 is 15.2 Å². The molecule has 9 heteroatoms. The number of hydrogen-bond donors (Lipinski definition) is 3. The summed E-state index contributed by atoms with van der Waals surface area (Å²) in [4.78, 5) is 32.8. The third-order valence-electron chi connectivity index (χ3n) is 2.06. The van der Waals surface area contributed by atoms with Crippen LogP contribution < -0.4 is 10.6 Å². The number of nitrogens with zero attached hydrogens (tertiary/aromatic N) is 1. The number of rotatable bonds is 5. The molecule has 0 saturated carbocycles. The molecule has 0 spiro atoms. The Balaban J connectivity index is 2.52. The zero-order valence-corrected chi connectivity index (χ0v) is 10.6. The van der Waals surface area contributed by atoms with Crippen LogP contribution in [0.2, 0.25) is 0 Å². The van der Waals surface area contributed by atoms with Crippen molar-refractivity contribution in [2.45, 2.75) is 0 Å². The maximum atomic E-state index is 12.9. The SMILES string of the molecule is N#Cc1cc(F)ccc1NC(=O)NC(=O)COCC(=O)O. The van der Waals surface area contributed by atoms with Gasteiger partial charge in [-0.1, -0.05) is 0 Å². The van der Waals surface area contributed by atoms with Crippen LogP contribution >= 0.6 is 0 Å². The molecule has 0 bridgehead atoms. The smallest absolute Gasteiger partial charge is 0.329 e. The van der Waals surface area contributed by atoms with Crippen LogP contribution in [0.3, 0.4) is 0 Å². The van der Waals surface area contributed by atoms with Crippen LogP contribution in [-0.2, 0) is 14.3 Å². The molecule has 1 aromatic rings. The van der Waals surface area contributed by atoms with Crippen LogP contribution in [0.25, 0.3) is 0 Å². The molecule has 8 nitrogen and oxygen atoms in total. The number of carbonyl (C=O) groups is 3. The highest BCUT2D eigenvalue weighted by atomic mass is 19.1. The molecule has 0 unspecified atom stereocenters. The van der Waals surface area contributed by atoms with Crippen molar-refractivity contribution in [3.05, 3.63) is 29.6 Å². The van der Waals surface area contributed by atoms with E-state index in [9.17, 15) is 18.8 Å². The number of urea groups is 1. The minimum Gasteiger partial charge on any atom is -0.480 e. The zero-order valence-electron chi connectivity index (χ0n) is 10.6. The molecule has 0 aromatic heterocycles. The molecule has 3 amide bonds. The fourth-order valence-electron chi connectivity index (χ4n) is 1.27. The predicted octanol–water partition coefficient (Wildman–Crippen LogP) is 0.447. The van der Waals surface area contributed by atoms with Crippen LogP contribution in [-0.4, -0.2) is 36.2 Å². The number of nitriles is 1. The van der Waals surface area contributed by atoms with Crippen molar-refractivity contribution >= 4 is 23.6 Å². The molecule has 0 atom stereocenters. The molecule has 1 aromatic carbocycles. The Labute approximate surface area is 118 Å². The summed E-state index contributed by atoms with van der Waals surface area (Å²) in [5.74, 6) is -2.76. The molecule has 1 rings (SSSR count). The topological polar surface area (TPSA) is 129 Å². The molecular formula is C12H10FN3O5. The van der Waals surface area contributed by atoms with Crippen molar-refractivity contribution < 1.29 is 28.6 Å². The van der Waals surface area contributed by atoms with Crippen molar-refractivity contribution in [1.29, 1.82) is 5.26 Å². The van der Waals surface area contributed by atoms with Gasteiger partial charge in [-0.05, 0) is 18.2 Å². The standard InChI is InChI=1S/C12H10FN3O5/c13-8-1-2-9(7(3-8)4-14)15-12(20)16-10(17)5-21-6-11(18)19/h1-3H,5-6H2,(H,18,19)(H2,15,16,17,20). The van der Waals surface area contributed by atoms with E-state index in [4.69, 9.17) is 10.4 Å². The van der Waals surface area contributed by atoms with Gasteiger partial charge in [-0.25, -0.2) is 14.0 Å². The molecule has 21 heavy (non-hydrogen) atoms. The molecule has 110 valence electrons. The first-order chi connectivity index (χ1) is 9.92. The van der Waals surface area contributed by atoms with E-state index in [-0.39, 0.29) is 11.3 Å². The lowest BCUT2D eigenvalue weighted by Crippen LogP contribution is -2.37. The highest BCUT2D eigenvalue weighted by Gasteiger charge is 2.11. The van der Waals surface area contributed by atoms with Crippen LogP contribution in [0.5, 0.6) is 0 Å². The molecule has 0 heterocycles. The number of ether oxygens (including phenoxy) is 1. The first kappa shape index (κ1) is 16.1. The highest BCUT2D eigenvalue weighted by molar-refractivity contribution is 6.02. The Morgan fingerprint density at radius 1 is 1.33 bits per heavy atom. The molecule has 0 aliphatic rings. The van der Waals surface area contributed by atoms with E-state index in [0.29, 0.717) is 0 Å². The van der Waals surface area contributed by atoms with Gasteiger partial charge in [0.05, 0.1) is 11.3 Å². The molecule has 0 saturated heterocycles. The van der Waals surface area contributed by atoms with Gasteiger partial charge in [-0.2, -0.15) is 5.26 Å². The number of carboxylic acid groups (broad SMARTS) is 1. The lowest BCUT2D eigenvalue weighted by atomic mass is 10.2. The molecule has 3 N–H and O–H groups in total. The monoisotopic (exact) mass is 295 g/mol. The fourth-order valence-corrected chi connectivity index (χ4v) is 1.27. The van der Waals surface area contributed by atoms with E-state index >= 15 is 0 Å². The van der Waals surface area contributed by atoms with Crippen LogP contribution in [0.1, 0.15) is 5.56 Å². The van der Waals surface area contributed by atoms with Crippen molar-refractivity contribution in [2.75, 3.05) is 18.5 Å². The summed E-state index contributed by atoms with van der Waals surface area (Å²) in [6.45, 7) is -1.29. The quantitative estimate of drug-likeness (QED) is 0.723. The van der Waals surface area contributed by atoms with E-state index in [1.807, 2.05) is 5.32 Å². The summed E-state index contributed by atoms with van der Waals surface area (Å²) < 4.78 is 17.4. The summed E-state index contributed by atoms with van der Waals surface area (Å²) in [6.07, 6.45) is 0. The van der Waals surface area contributed by atoms with E-state index in [1.54, 1.807) is 6.07 Å². The number of halogens is 1. The van der Waals surface area contributed by atoms with Crippen molar-refractivity contribution in [2.24, 2.45) is 0 Å². The molecule has 0 radical (unpaired) electrons. The Hall–Kier alpha value is -2.99. The average molecular weight is 295 g/mol. The van der Waals surface area contributed by atoms with Gasteiger partial charge in [0.25, 0.3) is 5.91 Å². The van der Waals surface area contributed by atoms with Gasteiger partial charge in [0.15, 0.2) is 0 Å². The van der Waals surface area contributed by atoms with E-state index in [2.05, 4.69) is 10.1 Å². The fraction of sp³-hybridized carbons (Fsp3) is 0.167. The molecular weight excluding hydrogens is 285 g/mol. The number of imide groups is 1. The third-order valence-corrected chi connectivity index (χ3v) is 2.06. The summed E-state index contributed by atoms with van der Waals surface area (Å²) in [5, 5.41) is 21.1. The molecule has 0 fully saturated rings. The minimum atomic E-state index is -1.25. The largest absolute Gasteiger partial charge is 0.480 e. The number of carbonyl (C=O) groups excluding carboxylic acids is 2. The first-order valence-corrected chi connectivity index (χ1v) is 5.52. The van der Waals surface area contributed by atoms with E-state index in [1.165, 1.54) is 6.07 Å². The Kier molecular flexibility index (Phi) is 5.79. The maximum Gasteiger partial charge on any atom is 0.329 e. The summed E-state index contributed by atoms with van der Waals surface area (Å²) in [7, 11) is 0. The first-order valence-electron chi connectivity index (χ1n) is 5.52. The number of anilines is 1. The Morgan fingerprint density at radius 2 is 2.05 bits per heavy atom. The Morgan fingerprint density at radius 3 is 2.67 bits per heavy atom. The Bertz CT molecular complexity index is 611. The van der Waals surface area contributed by atoms with Gasteiger partial charge in [-0.3, -0.25) is 10.1 Å². The predicted molar refractivity (Wildman–Crippen MR) is 66.7 cm³/mol. The van der Waals surface area contributed by atoms with Gasteiger partial charge in [0.2, 0.25) is 0 Å². The molecule has 0 aliphatic heterocycles. The van der Waals surface area contributed by atoms with Gasteiger partial charge in [0.1, 0.15) is 25.1 Å². The summed E-state index contributed by atoms with van der Waals surface area (Å²) in [5.41, 5.74) is -0.0876. The number of hydrogen-bond acceptors (Lipinski definition) is 5. The third kappa shape index (κ3) is 5.66. The highest BCUT2D eigenvalue weighted by Crippen LogP contribution is 2.15. The lowest BCUT2D eigenvalue weighted by Gasteiger charge is -2.08. The van der Waals surface area contributed by atoms with Gasteiger partial charge >= 0.3 is 12.0 Å². The second-order valence-corrected chi connectivity index (χ2v) is 3.69. The minimum absolute atomic E-state index is 0.0238.